The molecule has 1 unspecified atom stereocenters. The van der Waals surface area contributed by atoms with Gasteiger partial charge in [0.25, 0.3) is 0 Å². The van der Waals surface area contributed by atoms with E-state index >= 15 is 0 Å². The predicted molar refractivity (Wildman–Crippen MR) is 76.5 cm³/mol. The Bertz CT molecular complexity index is 392. The van der Waals surface area contributed by atoms with Crippen molar-refractivity contribution < 1.29 is 4.79 Å². The summed E-state index contributed by atoms with van der Waals surface area (Å²) in [5.41, 5.74) is 11.2. The predicted octanol–water partition coefficient (Wildman–Crippen LogP) is 0.539. The van der Waals surface area contributed by atoms with Gasteiger partial charge in [0.2, 0.25) is 5.91 Å². The molecule has 0 saturated carbocycles. The molecule has 1 atom stereocenters. The third kappa shape index (κ3) is 5.81. The molecule has 1 amide bonds. The molecule has 0 aliphatic rings. The van der Waals surface area contributed by atoms with E-state index in [1.54, 1.807) is 6.92 Å². The number of carbonyl (C=O) groups is 1. The molecule has 4 N–H and O–H groups in total. The van der Waals surface area contributed by atoms with Crippen molar-refractivity contribution in [3.63, 3.8) is 0 Å². The number of nitrogens with two attached hydrogens (primary N) is 2. The van der Waals surface area contributed by atoms with Crippen LogP contribution in [0.2, 0.25) is 0 Å². The molecule has 0 radical (unpaired) electrons. The summed E-state index contributed by atoms with van der Waals surface area (Å²) < 4.78 is 0. The van der Waals surface area contributed by atoms with Crippen LogP contribution in [0, 0.1) is 0 Å². The summed E-state index contributed by atoms with van der Waals surface area (Å²) in [6, 6.07) is 5.94. The normalized spacial score (nSPS) is 14.3. The fourth-order valence-corrected chi connectivity index (χ4v) is 1.80. The zero-order valence-electron chi connectivity index (χ0n) is 11.8. The summed E-state index contributed by atoms with van der Waals surface area (Å²) in [7, 11) is 2.06. The molecule has 1 aromatic rings. The molecule has 1 heterocycles. The lowest BCUT2D eigenvalue weighted by Gasteiger charge is -2.22. The molecule has 1 rings (SSSR count). The fraction of sp³-hybridized carbons (Fsp3) is 0.571. The molecule has 0 aliphatic heterocycles. The average molecular weight is 264 g/mol. The van der Waals surface area contributed by atoms with E-state index in [0.29, 0.717) is 6.42 Å². The molecular weight excluding hydrogens is 240 g/mol. The monoisotopic (exact) mass is 264 g/mol. The number of carbonyl (C=O) groups excluding carboxylic acids is 1. The third-order valence-corrected chi connectivity index (χ3v) is 3.27. The van der Waals surface area contributed by atoms with Crippen molar-refractivity contribution >= 4 is 5.91 Å². The summed E-state index contributed by atoms with van der Waals surface area (Å²) >= 11 is 0. The van der Waals surface area contributed by atoms with Gasteiger partial charge in [-0.2, -0.15) is 0 Å². The molecule has 5 heteroatoms. The van der Waals surface area contributed by atoms with Gasteiger partial charge < -0.3 is 16.4 Å². The number of nitrogens with zero attached hydrogens (tertiary/aromatic N) is 2. The fourth-order valence-electron chi connectivity index (χ4n) is 1.80. The second-order valence-corrected chi connectivity index (χ2v) is 5.26. The first-order valence-electron chi connectivity index (χ1n) is 6.59. The van der Waals surface area contributed by atoms with Crippen LogP contribution in [0.4, 0.5) is 0 Å². The minimum Gasteiger partial charge on any atom is -0.368 e. The van der Waals surface area contributed by atoms with Crippen molar-refractivity contribution in [1.29, 1.82) is 0 Å². The average Bonchev–Trinajstić information content (AvgIpc) is 2.37. The van der Waals surface area contributed by atoms with Crippen molar-refractivity contribution in [2.45, 2.75) is 31.7 Å². The Hall–Kier alpha value is -1.46. The van der Waals surface area contributed by atoms with Crippen LogP contribution in [0.5, 0.6) is 0 Å². The lowest BCUT2D eigenvalue weighted by Crippen LogP contribution is -2.49. The molecule has 0 saturated heterocycles. The number of aromatic nitrogens is 1. The molecule has 1 aromatic heterocycles. The Morgan fingerprint density at radius 1 is 1.42 bits per heavy atom. The maximum atomic E-state index is 11.1. The molecule has 0 fully saturated rings. The molecule has 0 aliphatic carbocycles. The number of rotatable bonds is 8. The van der Waals surface area contributed by atoms with E-state index in [9.17, 15) is 4.79 Å². The zero-order valence-corrected chi connectivity index (χ0v) is 11.8. The minimum absolute atomic E-state index is 0.441. The Balaban J connectivity index is 2.22. The van der Waals surface area contributed by atoms with Crippen LogP contribution in [0.25, 0.3) is 0 Å². The maximum Gasteiger partial charge on any atom is 0.237 e. The summed E-state index contributed by atoms with van der Waals surface area (Å²) in [4.78, 5) is 17.6. The van der Waals surface area contributed by atoms with Crippen LogP contribution in [0.3, 0.4) is 0 Å². The van der Waals surface area contributed by atoms with Gasteiger partial charge in [-0.3, -0.25) is 9.78 Å². The maximum absolute atomic E-state index is 11.1. The highest BCUT2D eigenvalue weighted by atomic mass is 16.1. The van der Waals surface area contributed by atoms with E-state index in [4.69, 9.17) is 11.5 Å². The highest BCUT2D eigenvalue weighted by molar-refractivity contribution is 5.83. The number of hydrogen-bond acceptors (Lipinski definition) is 4. The van der Waals surface area contributed by atoms with Crippen molar-refractivity contribution in [1.82, 2.24) is 9.88 Å². The SMILES string of the molecule is CN(CCCC(C)(N)C(N)=O)CCc1ccccn1. The van der Waals surface area contributed by atoms with Gasteiger partial charge in [0, 0.05) is 24.9 Å². The van der Waals surface area contributed by atoms with Crippen LogP contribution >= 0.6 is 0 Å². The highest BCUT2D eigenvalue weighted by Gasteiger charge is 2.24. The van der Waals surface area contributed by atoms with E-state index in [0.717, 1.165) is 31.6 Å². The number of hydrogen-bond donors (Lipinski definition) is 2. The topological polar surface area (TPSA) is 85.2 Å². The highest BCUT2D eigenvalue weighted by Crippen LogP contribution is 2.08. The van der Waals surface area contributed by atoms with Gasteiger partial charge in [-0.25, -0.2) is 0 Å². The second kappa shape index (κ2) is 7.21. The second-order valence-electron chi connectivity index (χ2n) is 5.26. The Morgan fingerprint density at radius 3 is 2.74 bits per heavy atom. The van der Waals surface area contributed by atoms with E-state index in [1.165, 1.54) is 0 Å². The lowest BCUT2D eigenvalue weighted by molar-refractivity contribution is -0.122. The van der Waals surface area contributed by atoms with Gasteiger partial charge in [0.15, 0.2) is 0 Å². The molecule has 0 spiro atoms. The van der Waals surface area contributed by atoms with E-state index in [-0.39, 0.29) is 0 Å². The summed E-state index contributed by atoms with van der Waals surface area (Å²) in [6.07, 6.45) is 4.19. The largest absolute Gasteiger partial charge is 0.368 e. The number of primary amides is 1. The van der Waals surface area contributed by atoms with Gasteiger partial charge in [-0.15, -0.1) is 0 Å². The van der Waals surface area contributed by atoms with Crippen LogP contribution in [0.1, 0.15) is 25.5 Å². The van der Waals surface area contributed by atoms with Gasteiger partial charge in [-0.05, 0) is 45.5 Å². The standard InChI is InChI=1S/C14H24N4O/c1-14(16,13(15)19)8-5-10-18(2)11-7-12-6-3-4-9-17-12/h3-4,6,9H,5,7-8,10-11,16H2,1-2H3,(H2,15,19). The third-order valence-electron chi connectivity index (χ3n) is 3.27. The van der Waals surface area contributed by atoms with E-state index < -0.39 is 11.4 Å². The van der Waals surface area contributed by atoms with E-state index in [1.807, 2.05) is 24.4 Å². The summed E-state index contributed by atoms with van der Waals surface area (Å²) in [6.45, 7) is 3.52. The quantitative estimate of drug-likeness (QED) is 0.717. The van der Waals surface area contributed by atoms with Gasteiger partial charge in [0.1, 0.15) is 0 Å². The molecule has 5 nitrogen and oxygen atoms in total. The molecule has 0 aromatic carbocycles. The molecule has 19 heavy (non-hydrogen) atoms. The first-order chi connectivity index (χ1) is 8.92. The number of likely N-dealkylation sites (N-methyl/N-ethyl adjacent to an activating group) is 1. The van der Waals surface area contributed by atoms with E-state index in [2.05, 4.69) is 16.9 Å². The minimum atomic E-state index is -0.901. The number of pyridine rings is 1. The lowest BCUT2D eigenvalue weighted by atomic mass is 9.96. The Morgan fingerprint density at radius 2 is 2.16 bits per heavy atom. The van der Waals surface area contributed by atoms with Crippen LogP contribution in [-0.2, 0) is 11.2 Å². The van der Waals surface area contributed by atoms with Crippen LogP contribution in [0.15, 0.2) is 24.4 Å². The molecule has 0 bridgehead atoms. The van der Waals surface area contributed by atoms with Crippen LogP contribution in [-0.4, -0.2) is 41.5 Å². The smallest absolute Gasteiger partial charge is 0.237 e. The van der Waals surface area contributed by atoms with Crippen molar-refractivity contribution in [3.8, 4) is 0 Å². The van der Waals surface area contributed by atoms with Crippen molar-refractivity contribution in [3.05, 3.63) is 30.1 Å². The van der Waals surface area contributed by atoms with Gasteiger partial charge in [-0.1, -0.05) is 6.07 Å². The summed E-state index contributed by atoms with van der Waals surface area (Å²) in [5, 5.41) is 0. The molecular formula is C14H24N4O. The Labute approximate surface area is 115 Å². The van der Waals surface area contributed by atoms with Gasteiger partial charge >= 0.3 is 0 Å². The van der Waals surface area contributed by atoms with Crippen molar-refractivity contribution in [2.24, 2.45) is 11.5 Å². The van der Waals surface area contributed by atoms with Crippen molar-refractivity contribution in [2.75, 3.05) is 20.1 Å². The van der Waals surface area contributed by atoms with Crippen LogP contribution < -0.4 is 11.5 Å². The Kier molecular flexibility index (Phi) is 5.92. The summed E-state index contributed by atoms with van der Waals surface area (Å²) in [5.74, 6) is -0.441. The zero-order chi connectivity index (χ0) is 14.3. The number of amides is 1. The first kappa shape index (κ1) is 15.6. The first-order valence-corrected chi connectivity index (χ1v) is 6.59. The van der Waals surface area contributed by atoms with Gasteiger partial charge in [0.05, 0.1) is 5.54 Å². The molecule has 106 valence electrons.